The van der Waals surface area contributed by atoms with E-state index in [2.05, 4.69) is 29.6 Å². The van der Waals surface area contributed by atoms with Crippen molar-refractivity contribution < 1.29 is 13.2 Å². The monoisotopic (exact) mass is 381 g/mol. The second-order valence-corrected chi connectivity index (χ2v) is 8.78. The quantitative estimate of drug-likeness (QED) is 0.700. The lowest BCUT2D eigenvalue weighted by molar-refractivity contribution is -0.121. The first kappa shape index (κ1) is 19.1. The van der Waals surface area contributed by atoms with Crippen LogP contribution >= 0.6 is 0 Å². The molecule has 1 atom stereocenters. The van der Waals surface area contributed by atoms with Gasteiger partial charge in [0.15, 0.2) is 9.84 Å². The Morgan fingerprint density at radius 2 is 1.63 bits per heavy atom. The minimum Gasteiger partial charge on any atom is -0.350 e. The number of amides is 1. The minimum atomic E-state index is -3.21. The number of hydrogen-bond acceptors (Lipinski definition) is 3. The topological polar surface area (TPSA) is 63.2 Å². The molecule has 27 heavy (non-hydrogen) atoms. The number of fused-ring (bicyclic) bond motifs is 1. The summed E-state index contributed by atoms with van der Waals surface area (Å²) >= 11 is 0. The predicted octanol–water partition coefficient (Wildman–Crippen LogP) is 4.05. The summed E-state index contributed by atoms with van der Waals surface area (Å²) in [4.78, 5) is 12.6. The van der Waals surface area contributed by atoms with Crippen molar-refractivity contribution in [1.82, 2.24) is 5.32 Å². The first-order valence-corrected chi connectivity index (χ1v) is 10.8. The van der Waals surface area contributed by atoms with E-state index in [1.807, 2.05) is 25.1 Å². The van der Waals surface area contributed by atoms with Crippen molar-refractivity contribution in [3.8, 4) is 0 Å². The van der Waals surface area contributed by atoms with Gasteiger partial charge in [0.05, 0.1) is 10.9 Å². The fourth-order valence-electron chi connectivity index (χ4n) is 3.16. The molecule has 3 rings (SSSR count). The predicted molar refractivity (Wildman–Crippen MR) is 108 cm³/mol. The highest BCUT2D eigenvalue weighted by molar-refractivity contribution is 7.90. The summed E-state index contributed by atoms with van der Waals surface area (Å²) in [5.41, 5.74) is 2.04. The second-order valence-electron chi connectivity index (χ2n) is 6.77. The molecule has 0 aromatic heterocycles. The molecule has 0 saturated heterocycles. The Kier molecular flexibility index (Phi) is 5.61. The smallest absolute Gasteiger partial charge is 0.220 e. The van der Waals surface area contributed by atoms with Crippen LogP contribution in [0.15, 0.2) is 71.6 Å². The highest BCUT2D eigenvalue weighted by Crippen LogP contribution is 2.20. The lowest BCUT2D eigenvalue weighted by Crippen LogP contribution is -2.26. The average molecular weight is 381 g/mol. The summed E-state index contributed by atoms with van der Waals surface area (Å²) in [6.07, 6.45) is 2.26. The zero-order chi connectivity index (χ0) is 19.4. The van der Waals surface area contributed by atoms with Crippen molar-refractivity contribution in [2.24, 2.45) is 0 Å². The largest absolute Gasteiger partial charge is 0.350 e. The maximum Gasteiger partial charge on any atom is 0.220 e. The fraction of sp³-hybridized carbons (Fsp3) is 0.227. The molecule has 1 amide bonds. The first-order chi connectivity index (χ1) is 12.8. The maximum absolute atomic E-state index is 12.4. The van der Waals surface area contributed by atoms with Crippen molar-refractivity contribution >= 4 is 26.5 Å². The molecule has 0 fully saturated rings. The van der Waals surface area contributed by atoms with Crippen LogP contribution < -0.4 is 5.32 Å². The van der Waals surface area contributed by atoms with Crippen molar-refractivity contribution in [2.45, 2.75) is 30.7 Å². The van der Waals surface area contributed by atoms with E-state index in [1.54, 1.807) is 24.3 Å². The summed E-state index contributed by atoms with van der Waals surface area (Å²) in [5.74, 6) is -0.0253. The van der Waals surface area contributed by atoms with Crippen LogP contribution in [-0.2, 0) is 21.1 Å². The van der Waals surface area contributed by atoms with Gasteiger partial charge in [-0.3, -0.25) is 4.79 Å². The zero-order valence-electron chi connectivity index (χ0n) is 15.5. The Labute approximate surface area is 160 Å². The van der Waals surface area contributed by atoms with Crippen molar-refractivity contribution in [1.29, 1.82) is 0 Å². The van der Waals surface area contributed by atoms with Gasteiger partial charge in [-0.2, -0.15) is 0 Å². The molecule has 0 aliphatic carbocycles. The molecule has 0 aliphatic heterocycles. The van der Waals surface area contributed by atoms with E-state index in [9.17, 15) is 13.2 Å². The van der Waals surface area contributed by atoms with Gasteiger partial charge in [0.1, 0.15) is 0 Å². The summed E-state index contributed by atoms with van der Waals surface area (Å²) in [5, 5.41) is 5.34. The summed E-state index contributed by atoms with van der Waals surface area (Å²) in [7, 11) is -3.21. The Bertz CT molecular complexity index is 1050. The van der Waals surface area contributed by atoms with E-state index in [0.29, 0.717) is 12.8 Å². The number of hydrogen-bond donors (Lipinski definition) is 1. The number of benzene rings is 3. The molecule has 1 N–H and O–H groups in total. The van der Waals surface area contributed by atoms with Crippen LogP contribution in [-0.4, -0.2) is 20.6 Å². The summed E-state index contributed by atoms with van der Waals surface area (Å²) in [6.45, 7) is 1.89. The fourth-order valence-corrected chi connectivity index (χ4v) is 3.79. The normalized spacial score (nSPS) is 12.7. The van der Waals surface area contributed by atoms with Crippen LogP contribution in [0.1, 0.15) is 30.5 Å². The van der Waals surface area contributed by atoms with Crippen LogP contribution in [0.2, 0.25) is 0 Å². The number of carbonyl (C=O) groups excluding carboxylic acids is 1. The molecule has 4 nitrogen and oxygen atoms in total. The van der Waals surface area contributed by atoms with E-state index < -0.39 is 9.84 Å². The molecular formula is C22H23NO3S. The van der Waals surface area contributed by atoms with E-state index in [4.69, 9.17) is 0 Å². The second kappa shape index (κ2) is 7.92. The third-order valence-electron chi connectivity index (χ3n) is 4.69. The Morgan fingerprint density at radius 3 is 2.33 bits per heavy atom. The van der Waals surface area contributed by atoms with Crippen LogP contribution in [0.4, 0.5) is 0 Å². The molecule has 140 valence electrons. The maximum atomic E-state index is 12.4. The minimum absolute atomic E-state index is 0.0253. The summed E-state index contributed by atoms with van der Waals surface area (Å²) in [6, 6.07) is 20.8. The number of sulfone groups is 1. The number of carbonyl (C=O) groups is 1. The molecular weight excluding hydrogens is 358 g/mol. The molecule has 0 heterocycles. The van der Waals surface area contributed by atoms with Crippen LogP contribution in [0.25, 0.3) is 10.8 Å². The van der Waals surface area contributed by atoms with Gasteiger partial charge >= 0.3 is 0 Å². The average Bonchev–Trinajstić information content (AvgIpc) is 2.65. The zero-order valence-corrected chi connectivity index (χ0v) is 16.3. The Balaban J connectivity index is 1.62. The lowest BCUT2D eigenvalue weighted by atomic mass is 10.0. The molecule has 3 aromatic carbocycles. The molecule has 0 bridgehead atoms. The lowest BCUT2D eigenvalue weighted by Gasteiger charge is -2.15. The molecule has 3 aromatic rings. The van der Waals surface area contributed by atoms with Gasteiger partial charge in [-0.25, -0.2) is 8.42 Å². The van der Waals surface area contributed by atoms with Crippen LogP contribution in [0, 0.1) is 0 Å². The molecule has 0 spiro atoms. The molecule has 0 saturated carbocycles. The third-order valence-corrected chi connectivity index (χ3v) is 5.82. The molecule has 5 heteroatoms. The van der Waals surface area contributed by atoms with E-state index in [-0.39, 0.29) is 16.8 Å². The van der Waals surface area contributed by atoms with Gasteiger partial charge in [0, 0.05) is 12.7 Å². The van der Waals surface area contributed by atoms with Crippen molar-refractivity contribution in [3.05, 3.63) is 77.9 Å². The van der Waals surface area contributed by atoms with Gasteiger partial charge in [-0.15, -0.1) is 0 Å². The molecule has 0 radical (unpaired) electrons. The van der Waals surface area contributed by atoms with Gasteiger partial charge in [-0.1, -0.05) is 54.6 Å². The standard InChI is InChI=1S/C22H23NO3S/c1-16(17-10-13-20(14-11-17)27(2,25)26)23-22(24)15-12-19-8-5-7-18-6-3-4-9-21(18)19/h3-11,13-14,16H,12,15H2,1-2H3,(H,23,24)/t16-/m0/s1. The first-order valence-electron chi connectivity index (χ1n) is 8.90. The van der Waals surface area contributed by atoms with Gasteiger partial charge < -0.3 is 5.32 Å². The number of aryl methyl sites for hydroxylation is 1. The Hall–Kier alpha value is -2.66. The van der Waals surface area contributed by atoms with E-state index in [1.165, 1.54) is 17.0 Å². The van der Waals surface area contributed by atoms with Crippen LogP contribution in [0.3, 0.4) is 0 Å². The van der Waals surface area contributed by atoms with Crippen LogP contribution in [0.5, 0.6) is 0 Å². The van der Waals surface area contributed by atoms with Crippen molar-refractivity contribution in [3.63, 3.8) is 0 Å². The van der Waals surface area contributed by atoms with Gasteiger partial charge in [0.2, 0.25) is 5.91 Å². The number of rotatable bonds is 6. The SMILES string of the molecule is C[C@H](NC(=O)CCc1cccc2ccccc12)c1ccc(S(C)(=O)=O)cc1. The number of nitrogens with one attached hydrogen (secondary N) is 1. The van der Waals surface area contributed by atoms with Crippen molar-refractivity contribution in [2.75, 3.05) is 6.26 Å². The van der Waals surface area contributed by atoms with Gasteiger partial charge in [-0.05, 0) is 47.4 Å². The molecule has 0 unspecified atom stereocenters. The Morgan fingerprint density at radius 1 is 0.963 bits per heavy atom. The molecule has 0 aliphatic rings. The van der Waals surface area contributed by atoms with Gasteiger partial charge in [0.25, 0.3) is 0 Å². The third kappa shape index (κ3) is 4.74. The van der Waals surface area contributed by atoms with E-state index >= 15 is 0 Å². The highest BCUT2D eigenvalue weighted by atomic mass is 32.2. The highest BCUT2D eigenvalue weighted by Gasteiger charge is 2.12. The summed E-state index contributed by atoms with van der Waals surface area (Å²) < 4.78 is 23.1. The van der Waals surface area contributed by atoms with E-state index in [0.717, 1.165) is 11.1 Å².